The van der Waals surface area contributed by atoms with Crippen molar-refractivity contribution < 1.29 is 14.1 Å². The summed E-state index contributed by atoms with van der Waals surface area (Å²) in [7, 11) is 0. The summed E-state index contributed by atoms with van der Waals surface area (Å²) in [6.07, 6.45) is 2.28. The van der Waals surface area contributed by atoms with E-state index in [1.807, 2.05) is 0 Å². The number of nitro groups is 1. The van der Waals surface area contributed by atoms with E-state index in [-0.39, 0.29) is 17.3 Å². The van der Waals surface area contributed by atoms with E-state index in [9.17, 15) is 19.3 Å². The molecule has 1 N–H and O–H groups in total. The molecule has 0 aliphatic carbocycles. The number of hydrogen-bond acceptors (Lipinski definition) is 5. The van der Waals surface area contributed by atoms with E-state index in [0.717, 1.165) is 6.20 Å². The first-order valence-corrected chi connectivity index (χ1v) is 9.38. The molecule has 2 heterocycles. The van der Waals surface area contributed by atoms with Gasteiger partial charge in [-0.1, -0.05) is 17.7 Å². The Balaban J connectivity index is 1.86. The predicted molar refractivity (Wildman–Crippen MR) is 109 cm³/mol. The molecule has 11 heteroatoms. The lowest BCUT2D eigenvalue weighted by Gasteiger charge is -2.24. The Morgan fingerprint density at radius 2 is 2.07 bits per heavy atom. The third kappa shape index (κ3) is 3.90. The van der Waals surface area contributed by atoms with Gasteiger partial charge >= 0.3 is 5.69 Å². The van der Waals surface area contributed by atoms with Gasteiger partial charge in [-0.3, -0.25) is 24.3 Å². The van der Waals surface area contributed by atoms with Gasteiger partial charge in [0.25, 0.3) is 5.91 Å². The van der Waals surface area contributed by atoms with Gasteiger partial charge in [-0.15, -0.1) is 0 Å². The number of benzene rings is 1. The van der Waals surface area contributed by atoms with Gasteiger partial charge in [0.05, 0.1) is 28.5 Å². The van der Waals surface area contributed by atoms with E-state index >= 15 is 0 Å². The second-order valence-electron chi connectivity index (χ2n) is 7.32. The molecule has 0 radical (unpaired) electrons. The normalized spacial score (nSPS) is 11.5. The lowest BCUT2D eigenvalue weighted by molar-refractivity contribution is -0.385. The molecule has 0 spiro atoms. The van der Waals surface area contributed by atoms with Crippen LogP contribution in [0.4, 0.5) is 15.8 Å². The van der Waals surface area contributed by atoms with Crippen molar-refractivity contribution in [2.75, 3.05) is 5.32 Å². The summed E-state index contributed by atoms with van der Waals surface area (Å²) in [5, 5.41) is 22.3. The number of nitrogens with one attached hydrogen (secondary N) is 1. The van der Waals surface area contributed by atoms with E-state index in [1.54, 1.807) is 38.4 Å². The molecule has 1 amide bonds. The van der Waals surface area contributed by atoms with E-state index in [1.165, 1.54) is 23.0 Å². The minimum Gasteiger partial charge on any atom is -0.321 e. The number of rotatable bonds is 6. The standard InChI is InChI=1S/C19H20ClFN6O3/c1-11-17(12(2)25(24-11)10-14-15(20)6-5-7-16(14)21)23-18(28)19(3,4)26-9-13(8-22-26)27(29)30/h5-9H,10H2,1-4H3,(H,23,28). The van der Waals surface area contributed by atoms with Crippen LogP contribution in [0.25, 0.3) is 0 Å². The number of amides is 1. The minimum atomic E-state index is -1.20. The Kier molecular flexibility index (Phi) is 5.62. The van der Waals surface area contributed by atoms with Crippen molar-refractivity contribution in [2.45, 2.75) is 39.8 Å². The summed E-state index contributed by atoms with van der Waals surface area (Å²) in [4.78, 5) is 23.3. The number of anilines is 1. The maximum Gasteiger partial charge on any atom is 0.307 e. The molecule has 3 aromatic rings. The number of halogens is 2. The summed E-state index contributed by atoms with van der Waals surface area (Å²) in [6, 6.07) is 4.44. The molecule has 0 aliphatic rings. The van der Waals surface area contributed by atoms with Crippen LogP contribution in [0.5, 0.6) is 0 Å². The van der Waals surface area contributed by atoms with Crippen molar-refractivity contribution in [1.82, 2.24) is 19.6 Å². The van der Waals surface area contributed by atoms with Gasteiger partial charge in [0.15, 0.2) is 0 Å². The first-order chi connectivity index (χ1) is 14.0. The first kappa shape index (κ1) is 21.4. The quantitative estimate of drug-likeness (QED) is 0.468. The maximum absolute atomic E-state index is 14.1. The van der Waals surface area contributed by atoms with Crippen LogP contribution < -0.4 is 5.32 Å². The van der Waals surface area contributed by atoms with Crippen LogP contribution in [0.1, 0.15) is 30.8 Å². The summed E-state index contributed by atoms with van der Waals surface area (Å²) < 4.78 is 16.9. The monoisotopic (exact) mass is 434 g/mol. The van der Waals surface area contributed by atoms with Gasteiger partial charge in [0.2, 0.25) is 0 Å². The summed E-state index contributed by atoms with van der Waals surface area (Å²) in [5.41, 5.74) is 0.509. The molecular formula is C19H20ClFN6O3. The molecule has 2 aromatic heterocycles. The first-order valence-electron chi connectivity index (χ1n) is 9.00. The van der Waals surface area contributed by atoms with Gasteiger partial charge in [-0.2, -0.15) is 10.2 Å². The molecule has 0 saturated heterocycles. The topological polar surface area (TPSA) is 108 Å². The number of nitrogens with zero attached hydrogens (tertiary/aromatic N) is 5. The molecule has 1 aromatic carbocycles. The summed E-state index contributed by atoms with van der Waals surface area (Å²) in [6.45, 7) is 6.74. The van der Waals surface area contributed by atoms with Crippen molar-refractivity contribution in [1.29, 1.82) is 0 Å². The number of aryl methyl sites for hydroxylation is 1. The largest absolute Gasteiger partial charge is 0.321 e. The Labute approximate surface area is 176 Å². The van der Waals surface area contributed by atoms with Gasteiger partial charge in [0, 0.05) is 10.6 Å². The SMILES string of the molecule is Cc1nn(Cc2c(F)cccc2Cl)c(C)c1NC(=O)C(C)(C)n1cc([N+](=O)[O-])cn1. The maximum atomic E-state index is 14.1. The number of aromatic nitrogens is 4. The van der Waals surface area contributed by atoms with Gasteiger partial charge in [-0.25, -0.2) is 4.39 Å². The zero-order valence-corrected chi connectivity index (χ0v) is 17.6. The van der Waals surface area contributed by atoms with Gasteiger partial charge in [-0.05, 0) is 39.8 Å². The van der Waals surface area contributed by atoms with E-state index in [2.05, 4.69) is 15.5 Å². The molecule has 0 unspecified atom stereocenters. The van der Waals surface area contributed by atoms with Crippen LogP contribution in [-0.2, 0) is 16.9 Å². The second kappa shape index (κ2) is 7.86. The van der Waals surface area contributed by atoms with Crippen LogP contribution in [0.3, 0.4) is 0 Å². The highest BCUT2D eigenvalue weighted by molar-refractivity contribution is 6.31. The van der Waals surface area contributed by atoms with Crippen molar-refractivity contribution in [2.24, 2.45) is 0 Å². The number of carbonyl (C=O) groups excluding carboxylic acids is 1. The zero-order valence-electron chi connectivity index (χ0n) is 16.8. The molecule has 3 rings (SSSR count). The van der Waals surface area contributed by atoms with Crippen molar-refractivity contribution in [3.63, 3.8) is 0 Å². The highest BCUT2D eigenvalue weighted by Crippen LogP contribution is 2.26. The highest BCUT2D eigenvalue weighted by Gasteiger charge is 2.33. The van der Waals surface area contributed by atoms with E-state index in [0.29, 0.717) is 22.6 Å². The van der Waals surface area contributed by atoms with Crippen LogP contribution >= 0.6 is 11.6 Å². The minimum absolute atomic E-state index is 0.1000. The van der Waals surface area contributed by atoms with Crippen LogP contribution in [-0.4, -0.2) is 30.4 Å². The smallest absolute Gasteiger partial charge is 0.307 e. The van der Waals surface area contributed by atoms with Crippen molar-refractivity contribution in [3.8, 4) is 0 Å². The second-order valence-corrected chi connectivity index (χ2v) is 7.72. The summed E-state index contributed by atoms with van der Waals surface area (Å²) in [5.74, 6) is -0.878. The zero-order chi connectivity index (χ0) is 22.2. The van der Waals surface area contributed by atoms with Crippen LogP contribution in [0.2, 0.25) is 5.02 Å². The van der Waals surface area contributed by atoms with Crippen molar-refractivity contribution in [3.05, 3.63) is 68.5 Å². The molecule has 0 atom stereocenters. The lowest BCUT2D eigenvalue weighted by Crippen LogP contribution is -2.40. The fourth-order valence-electron chi connectivity index (χ4n) is 2.95. The molecular weight excluding hydrogens is 415 g/mol. The van der Waals surface area contributed by atoms with Gasteiger partial charge < -0.3 is 5.32 Å². The molecule has 9 nitrogen and oxygen atoms in total. The predicted octanol–water partition coefficient (Wildman–Crippen LogP) is 3.82. The number of hydrogen-bond donors (Lipinski definition) is 1. The van der Waals surface area contributed by atoms with E-state index < -0.39 is 22.2 Å². The Bertz CT molecular complexity index is 1120. The Morgan fingerprint density at radius 3 is 2.67 bits per heavy atom. The highest BCUT2D eigenvalue weighted by atomic mass is 35.5. The molecule has 158 valence electrons. The third-order valence-electron chi connectivity index (χ3n) is 4.90. The van der Waals surface area contributed by atoms with Crippen LogP contribution in [0, 0.1) is 29.8 Å². The van der Waals surface area contributed by atoms with Crippen LogP contribution in [0.15, 0.2) is 30.6 Å². The fourth-order valence-corrected chi connectivity index (χ4v) is 3.17. The molecule has 0 fully saturated rings. The van der Waals surface area contributed by atoms with Gasteiger partial charge in [0.1, 0.15) is 23.7 Å². The molecule has 0 bridgehead atoms. The average molecular weight is 435 g/mol. The Hall–Kier alpha value is -3.27. The fraction of sp³-hybridized carbons (Fsp3) is 0.316. The van der Waals surface area contributed by atoms with Crippen molar-refractivity contribution >= 4 is 28.9 Å². The molecule has 30 heavy (non-hydrogen) atoms. The average Bonchev–Trinajstić information content (AvgIpc) is 3.26. The third-order valence-corrected chi connectivity index (χ3v) is 5.25. The number of carbonyl (C=O) groups is 1. The van der Waals surface area contributed by atoms with E-state index in [4.69, 9.17) is 11.6 Å². The Morgan fingerprint density at radius 1 is 1.37 bits per heavy atom. The lowest BCUT2D eigenvalue weighted by atomic mass is 10.0. The summed E-state index contributed by atoms with van der Waals surface area (Å²) >= 11 is 6.11. The molecule has 0 aliphatic heterocycles. The molecule has 0 saturated carbocycles.